The summed E-state index contributed by atoms with van der Waals surface area (Å²) in [5, 5.41) is 6.64. The van der Waals surface area contributed by atoms with Crippen molar-refractivity contribution in [3.05, 3.63) is 160 Å². The average molecular weight is 538 g/mol. The Labute approximate surface area is 246 Å². The molecule has 1 aliphatic rings. The van der Waals surface area contributed by atoms with Crippen LogP contribution in [0.15, 0.2) is 109 Å². The van der Waals surface area contributed by atoms with Gasteiger partial charge in [-0.15, -0.1) is 0 Å². The van der Waals surface area contributed by atoms with Crippen molar-refractivity contribution in [3.8, 4) is 0 Å². The Kier molecular flexibility index (Phi) is 6.39. The summed E-state index contributed by atoms with van der Waals surface area (Å²) in [5.41, 5.74) is 5.33. The summed E-state index contributed by atoms with van der Waals surface area (Å²) in [5.74, 6) is 0.368. The summed E-state index contributed by atoms with van der Waals surface area (Å²) < 4.78 is 0. The number of benzene rings is 6. The third-order valence-electron chi connectivity index (χ3n) is 9.07. The van der Waals surface area contributed by atoms with E-state index < -0.39 is 0 Å². The van der Waals surface area contributed by atoms with Gasteiger partial charge in [-0.25, -0.2) is 14.5 Å². The van der Waals surface area contributed by atoms with Crippen molar-refractivity contribution >= 4 is 49.4 Å². The maximum Gasteiger partial charge on any atom is 0.191 e. The molecule has 1 saturated carbocycles. The Hall–Kier alpha value is -5.43. The number of nitrogens with zero attached hydrogens (tertiary/aromatic N) is 3. The van der Waals surface area contributed by atoms with Gasteiger partial charge >= 0.3 is 0 Å². The fraction of sp³-hybridized carbons (Fsp3) is 0.154. The molecule has 0 spiro atoms. The van der Waals surface area contributed by atoms with Gasteiger partial charge in [0.1, 0.15) is 0 Å². The van der Waals surface area contributed by atoms with Gasteiger partial charge in [-0.2, -0.15) is 0 Å². The molecule has 6 aromatic carbocycles. The summed E-state index contributed by atoms with van der Waals surface area (Å²) in [6, 6.07) is 37.4. The van der Waals surface area contributed by atoms with Crippen LogP contribution in [0.2, 0.25) is 0 Å². The van der Waals surface area contributed by atoms with Crippen molar-refractivity contribution in [1.29, 1.82) is 0 Å². The van der Waals surface area contributed by atoms with E-state index in [-0.39, 0.29) is 17.8 Å². The maximum atomic E-state index is 8.06. The van der Waals surface area contributed by atoms with Gasteiger partial charge in [-0.1, -0.05) is 91.0 Å². The lowest BCUT2D eigenvalue weighted by Gasteiger charge is -2.37. The smallest absolute Gasteiger partial charge is 0.191 e. The lowest BCUT2D eigenvalue weighted by molar-refractivity contribution is 0.354. The fourth-order valence-corrected chi connectivity index (χ4v) is 7.09. The highest BCUT2D eigenvalue weighted by molar-refractivity contribution is 5.90. The zero-order valence-corrected chi connectivity index (χ0v) is 23.1. The highest BCUT2D eigenvalue weighted by Crippen LogP contribution is 2.53. The van der Waals surface area contributed by atoms with Crippen molar-refractivity contribution in [2.45, 2.75) is 37.0 Å². The van der Waals surface area contributed by atoms with Crippen molar-refractivity contribution in [1.82, 2.24) is 0 Å². The van der Waals surface area contributed by atoms with Crippen molar-refractivity contribution < 1.29 is 0 Å². The van der Waals surface area contributed by atoms with Crippen LogP contribution in [0.1, 0.15) is 53.7 Å². The molecule has 6 aromatic rings. The molecule has 0 bridgehead atoms. The Morgan fingerprint density at radius 2 is 0.619 bits per heavy atom. The second-order valence-corrected chi connectivity index (χ2v) is 11.4. The molecule has 1 aliphatic carbocycles. The van der Waals surface area contributed by atoms with E-state index in [9.17, 15) is 0 Å². The van der Waals surface area contributed by atoms with E-state index >= 15 is 0 Å². The van der Waals surface area contributed by atoms with Gasteiger partial charge in [0.2, 0.25) is 0 Å². The van der Waals surface area contributed by atoms with E-state index in [1.807, 2.05) is 54.6 Å². The molecule has 3 nitrogen and oxygen atoms in total. The first-order valence-corrected chi connectivity index (χ1v) is 14.4. The summed E-state index contributed by atoms with van der Waals surface area (Å²) in [6.07, 6.45) is 2.58. The number of hydrogen-bond donors (Lipinski definition) is 0. The molecule has 0 atom stereocenters. The third-order valence-corrected chi connectivity index (χ3v) is 9.07. The molecule has 0 aliphatic heterocycles. The molecule has 1 fully saturated rings. The van der Waals surface area contributed by atoms with E-state index in [2.05, 4.69) is 69.1 Å². The van der Waals surface area contributed by atoms with Gasteiger partial charge in [0.15, 0.2) is 17.1 Å². The van der Waals surface area contributed by atoms with Gasteiger partial charge in [0, 0.05) is 0 Å². The minimum atomic E-state index is 0.123. The first-order chi connectivity index (χ1) is 20.6. The molecular weight excluding hydrogens is 510 g/mol. The van der Waals surface area contributed by atoms with Crippen LogP contribution in [0.3, 0.4) is 0 Å². The summed E-state index contributed by atoms with van der Waals surface area (Å²) >= 11 is 0. The molecule has 3 heteroatoms. The molecule has 0 unspecified atom stereocenters. The molecule has 0 aromatic heterocycles. The van der Waals surface area contributed by atoms with Crippen molar-refractivity contribution in [3.63, 3.8) is 0 Å². The highest BCUT2D eigenvalue weighted by atomic mass is 14.7. The van der Waals surface area contributed by atoms with Crippen LogP contribution in [-0.2, 0) is 0 Å². The van der Waals surface area contributed by atoms with Crippen LogP contribution in [-0.4, -0.2) is 0 Å². The second kappa shape index (κ2) is 10.5. The van der Waals surface area contributed by atoms with E-state index in [1.54, 1.807) is 0 Å². The van der Waals surface area contributed by atoms with Crippen LogP contribution in [0.5, 0.6) is 0 Å². The molecule has 7 rings (SSSR count). The maximum absolute atomic E-state index is 8.06. The van der Waals surface area contributed by atoms with Crippen LogP contribution >= 0.6 is 0 Å². The average Bonchev–Trinajstić information content (AvgIpc) is 3.06. The summed E-state index contributed by atoms with van der Waals surface area (Å²) in [6.45, 7) is 24.2. The zero-order chi connectivity index (χ0) is 28.6. The van der Waals surface area contributed by atoms with Gasteiger partial charge in [-0.05, 0) is 104 Å². The lowest BCUT2D eigenvalue weighted by atomic mass is 9.67. The largest absolute Gasteiger partial charge is 0.238 e. The van der Waals surface area contributed by atoms with Gasteiger partial charge in [0.05, 0.1) is 19.7 Å². The number of fused-ring (bicyclic) bond motifs is 3. The molecular formula is C39H27N3. The molecule has 0 heterocycles. The van der Waals surface area contributed by atoms with Crippen molar-refractivity contribution in [2.75, 3.05) is 0 Å². The standard InChI is InChI=1S/C39H27N3/c1-40-37-22-28-13-7-4-10-25(28)19-34(37)31-16-32(35-20-26-11-5-8-14-29(26)23-38(35)41-2)18-33(17-31)36-21-27-12-6-9-15-30(27)24-39(36)42-3/h4-15,19-24,31-33H,16-18H2. The van der Waals surface area contributed by atoms with E-state index in [0.717, 1.165) is 68.3 Å². The molecule has 198 valence electrons. The minimum Gasteiger partial charge on any atom is -0.238 e. The first kappa shape index (κ1) is 25.5. The normalized spacial score (nSPS) is 18.4. The zero-order valence-electron chi connectivity index (χ0n) is 23.1. The molecule has 0 radical (unpaired) electrons. The molecule has 0 amide bonds. The van der Waals surface area contributed by atoms with Gasteiger partial charge in [-0.3, -0.25) is 0 Å². The SMILES string of the molecule is [C-]#[N+]c1cc2ccccc2cc1C1CC(c2cc3ccccc3cc2[N+]#[C-])CC(c2cc3ccccc3cc2[N+]#[C-])C1. The summed E-state index contributed by atoms with van der Waals surface area (Å²) in [4.78, 5) is 12.0. The van der Waals surface area contributed by atoms with Crippen LogP contribution in [0, 0.1) is 19.7 Å². The monoisotopic (exact) mass is 537 g/mol. The Morgan fingerprint density at radius 1 is 0.381 bits per heavy atom. The molecule has 0 saturated heterocycles. The molecule has 0 N–H and O–H groups in total. The van der Waals surface area contributed by atoms with Crippen LogP contribution in [0.4, 0.5) is 17.1 Å². The Bertz CT molecular complexity index is 1890. The van der Waals surface area contributed by atoms with Crippen LogP contribution in [0.25, 0.3) is 46.9 Å². The first-order valence-electron chi connectivity index (χ1n) is 14.4. The van der Waals surface area contributed by atoms with E-state index in [4.69, 9.17) is 19.7 Å². The summed E-state index contributed by atoms with van der Waals surface area (Å²) in [7, 11) is 0. The number of rotatable bonds is 3. The lowest BCUT2D eigenvalue weighted by Crippen LogP contribution is -2.20. The Morgan fingerprint density at radius 3 is 0.857 bits per heavy atom. The topological polar surface area (TPSA) is 13.1 Å². The second-order valence-electron chi connectivity index (χ2n) is 11.4. The minimum absolute atomic E-state index is 0.123. The van der Waals surface area contributed by atoms with E-state index in [1.165, 1.54) is 0 Å². The van der Waals surface area contributed by atoms with E-state index in [0.29, 0.717) is 17.1 Å². The fourth-order valence-electron chi connectivity index (χ4n) is 7.09. The quantitative estimate of drug-likeness (QED) is 0.199. The predicted octanol–water partition coefficient (Wildman–Crippen LogP) is 11.6. The number of hydrogen-bond acceptors (Lipinski definition) is 0. The van der Waals surface area contributed by atoms with Gasteiger partial charge < -0.3 is 0 Å². The predicted molar refractivity (Wildman–Crippen MR) is 173 cm³/mol. The third kappa shape index (κ3) is 4.45. The van der Waals surface area contributed by atoms with Gasteiger partial charge in [0.25, 0.3) is 0 Å². The molecule has 42 heavy (non-hydrogen) atoms. The Balaban J connectivity index is 1.41. The van der Waals surface area contributed by atoms with Crippen molar-refractivity contribution in [2.24, 2.45) is 0 Å². The van der Waals surface area contributed by atoms with Crippen LogP contribution < -0.4 is 0 Å². The highest BCUT2D eigenvalue weighted by Gasteiger charge is 2.34.